The third-order valence-electron chi connectivity index (χ3n) is 5.17. The van der Waals surface area contributed by atoms with Crippen LogP contribution in [0.5, 0.6) is 0 Å². The van der Waals surface area contributed by atoms with E-state index < -0.39 is 24.1 Å². The van der Waals surface area contributed by atoms with Crippen molar-refractivity contribution in [2.24, 2.45) is 0 Å². The van der Waals surface area contributed by atoms with Crippen molar-refractivity contribution in [3.63, 3.8) is 0 Å². The molecule has 9 heteroatoms. The fourth-order valence-corrected chi connectivity index (χ4v) is 3.40. The number of aromatic nitrogens is 2. The summed E-state index contributed by atoms with van der Waals surface area (Å²) in [5.41, 5.74) is -2.22. The van der Waals surface area contributed by atoms with Crippen LogP contribution in [0.2, 0.25) is 0 Å². The Kier molecular flexibility index (Phi) is 5.32. The van der Waals surface area contributed by atoms with Gasteiger partial charge >= 0.3 is 6.18 Å². The van der Waals surface area contributed by atoms with Crippen LogP contribution in [0.4, 0.5) is 23.2 Å². The zero-order chi connectivity index (χ0) is 22.9. The van der Waals surface area contributed by atoms with Gasteiger partial charge in [-0.25, -0.2) is 9.07 Å². The van der Waals surface area contributed by atoms with E-state index in [4.69, 9.17) is 5.26 Å². The summed E-state index contributed by atoms with van der Waals surface area (Å²) in [5, 5.41) is 27.0. The number of halogens is 4. The van der Waals surface area contributed by atoms with Crippen LogP contribution in [0.15, 0.2) is 72.9 Å². The summed E-state index contributed by atoms with van der Waals surface area (Å²) in [5.74, 6) is -0.423. The number of para-hydroxylation sites is 1. The Morgan fingerprint density at radius 2 is 1.75 bits per heavy atom. The molecule has 0 bridgehead atoms. The molecule has 0 saturated carbocycles. The number of nitriles is 1. The number of anilines is 1. The molecule has 0 radical (unpaired) electrons. The van der Waals surface area contributed by atoms with E-state index in [-0.39, 0.29) is 16.8 Å². The van der Waals surface area contributed by atoms with E-state index in [0.717, 1.165) is 0 Å². The molecule has 0 aliphatic rings. The third-order valence-corrected chi connectivity index (χ3v) is 5.17. The van der Waals surface area contributed by atoms with Crippen molar-refractivity contribution in [2.45, 2.75) is 11.8 Å². The molecule has 5 nitrogen and oxygen atoms in total. The Labute approximate surface area is 180 Å². The molecule has 0 aliphatic heterocycles. The standard InChI is InChI=1S/C23H16F4N4O/c24-18-6-8-19(9-7-18)31-21-10-5-17(11-16(21)13-30-31)22(32,23(25,26)27)14-29-20-4-2-1-3-15(20)12-28/h1-11,13,29,32H,14H2. The molecule has 2 N–H and O–H groups in total. The van der Waals surface area contributed by atoms with E-state index in [0.29, 0.717) is 16.6 Å². The molecule has 0 fully saturated rings. The van der Waals surface area contributed by atoms with Crippen LogP contribution in [0.25, 0.3) is 16.6 Å². The number of fused-ring (bicyclic) bond motifs is 1. The minimum Gasteiger partial charge on any atom is -0.380 e. The van der Waals surface area contributed by atoms with Gasteiger partial charge in [0.05, 0.1) is 35.2 Å². The van der Waals surface area contributed by atoms with Crippen molar-refractivity contribution >= 4 is 16.6 Å². The van der Waals surface area contributed by atoms with Gasteiger partial charge in [0.2, 0.25) is 5.60 Å². The van der Waals surface area contributed by atoms with Crippen LogP contribution >= 0.6 is 0 Å². The first-order chi connectivity index (χ1) is 15.2. The SMILES string of the molecule is N#Cc1ccccc1NCC(O)(c1ccc2c(cnn2-c2ccc(F)cc2)c1)C(F)(F)F. The van der Waals surface area contributed by atoms with Crippen LogP contribution in [0.3, 0.4) is 0 Å². The molecule has 3 aromatic carbocycles. The Hall–Kier alpha value is -3.90. The molecule has 0 saturated heterocycles. The second kappa shape index (κ2) is 7.98. The lowest BCUT2D eigenvalue weighted by atomic mass is 9.91. The highest BCUT2D eigenvalue weighted by atomic mass is 19.4. The average Bonchev–Trinajstić information content (AvgIpc) is 3.20. The normalized spacial score (nSPS) is 13.5. The first kappa shape index (κ1) is 21.3. The molecule has 4 rings (SSSR count). The molecule has 1 unspecified atom stereocenters. The molecule has 0 spiro atoms. The van der Waals surface area contributed by atoms with E-state index in [1.165, 1.54) is 65.5 Å². The third kappa shape index (κ3) is 3.76. The molecular formula is C23H16F4N4O. The van der Waals surface area contributed by atoms with Gasteiger partial charge in [-0.05, 0) is 54.1 Å². The highest BCUT2D eigenvalue weighted by molar-refractivity contribution is 5.81. The van der Waals surface area contributed by atoms with E-state index in [1.54, 1.807) is 12.1 Å². The zero-order valence-electron chi connectivity index (χ0n) is 16.4. The summed E-state index contributed by atoms with van der Waals surface area (Å²) < 4.78 is 56.6. The van der Waals surface area contributed by atoms with Crippen molar-refractivity contribution in [2.75, 3.05) is 11.9 Å². The van der Waals surface area contributed by atoms with E-state index in [9.17, 15) is 22.7 Å². The summed E-state index contributed by atoms with van der Waals surface area (Å²) in [6.07, 6.45) is -3.63. The average molecular weight is 440 g/mol. The molecule has 162 valence electrons. The predicted molar refractivity (Wildman–Crippen MR) is 111 cm³/mol. The number of hydrogen-bond donors (Lipinski definition) is 2. The molecule has 0 amide bonds. The molecule has 32 heavy (non-hydrogen) atoms. The Morgan fingerprint density at radius 1 is 1.03 bits per heavy atom. The highest BCUT2D eigenvalue weighted by Gasteiger charge is 2.55. The van der Waals surface area contributed by atoms with Gasteiger partial charge in [0.25, 0.3) is 0 Å². The van der Waals surface area contributed by atoms with E-state index in [2.05, 4.69) is 10.4 Å². The topological polar surface area (TPSA) is 73.9 Å². The molecule has 1 aromatic heterocycles. The Morgan fingerprint density at radius 3 is 2.44 bits per heavy atom. The van der Waals surface area contributed by atoms with Crippen molar-refractivity contribution < 1.29 is 22.7 Å². The van der Waals surface area contributed by atoms with Gasteiger partial charge in [0.1, 0.15) is 11.9 Å². The van der Waals surface area contributed by atoms with Crippen LogP contribution in [0.1, 0.15) is 11.1 Å². The quantitative estimate of drug-likeness (QED) is 0.433. The Bertz CT molecular complexity index is 1310. The maximum atomic E-state index is 14.0. The van der Waals surface area contributed by atoms with Crippen LogP contribution in [0, 0.1) is 17.1 Å². The van der Waals surface area contributed by atoms with Crippen LogP contribution in [-0.4, -0.2) is 27.6 Å². The lowest BCUT2D eigenvalue weighted by Crippen LogP contribution is -2.47. The largest absolute Gasteiger partial charge is 0.423 e. The number of nitrogens with one attached hydrogen (secondary N) is 1. The van der Waals surface area contributed by atoms with Crippen LogP contribution in [-0.2, 0) is 5.60 Å². The van der Waals surface area contributed by atoms with E-state index in [1.807, 2.05) is 6.07 Å². The van der Waals surface area contributed by atoms with Gasteiger partial charge in [0.15, 0.2) is 0 Å². The number of benzene rings is 3. The van der Waals surface area contributed by atoms with Crippen LogP contribution < -0.4 is 5.32 Å². The van der Waals surface area contributed by atoms with Gasteiger partial charge < -0.3 is 10.4 Å². The molecule has 1 atom stereocenters. The fourth-order valence-electron chi connectivity index (χ4n) is 3.40. The van der Waals surface area contributed by atoms with Crippen molar-refractivity contribution in [1.29, 1.82) is 5.26 Å². The number of alkyl halides is 3. The first-order valence-corrected chi connectivity index (χ1v) is 9.49. The van der Waals surface area contributed by atoms with Gasteiger partial charge in [-0.15, -0.1) is 0 Å². The highest BCUT2D eigenvalue weighted by Crippen LogP contribution is 2.40. The molecule has 1 heterocycles. The minimum absolute atomic E-state index is 0.160. The molecular weight excluding hydrogens is 424 g/mol. The predicted octanol–water partition coefficient (Wildman–Crippen LogP) is 4.90. The number of aliphatic hydroxyl groups is 1. The van der Waals surface area contributed by atoms with Gasteiger partial charge in [0, 0.05) is 5.39 Å². The summed E-state index contributed by atoms with van der Waals surface area (Å²) >= 11 is 0. The number of nitrogens with zero attached hydrogens (tertiary/aromatic N) is 3. The lowest BCUT2D eigenvalue weighted by Gasteiger charge is -2.31. The van der Waals surface area contributed by atoms with Crippen molar-refractivity contribution in [3.05, 3.63) is 89.9 Å². The monoisotopic (exact) mass is 440 g/mol. The first-order valence-electron chi connectivity index (χ1n) is 9.49. The lowest BCUT2D eigenvalue weighted by molar-refractivity contribution is -0.260. The number of rotatable bonds is 5. The summed E-state index contributed by atoms with van der Waals surface area (Å²) in [6.45, 7) is -0.896. The molecule has 0 aliphatic carbocycles. The zero-order valence-corrected chi connectivity index (χ0v) is 16.4. The summed E-state index contributed by atoms with van der Waals surface area (Å²) in [4.78, 5) is 0. The summed E-state index contributed by atoms with van der Waals surface area (Å²) in [6, 6.07) is 17.3. The van der Waals surface area contributed by atoms with Gasteiger partial charge in [-0.3, -0.25) is 0 Å². The number of hydrogen-bond acceptors (Lipinski definition) is 4. The van der Waals surface area contributed by atoms with Gasteiger partial charge in [-0.1, -0.05) is 18.2 Å². The van der Waals surface area contributed by atoms with Gasteiger partial charge in [-0.2, -0.15) is 23.5 Å². The smallest absolute Gasteiger partial charge is 0.380 e. The summed E-state index contributed by atoms with van der Waals surface area (Å²) in [7, 11) is 0. The Balaban J connectivity index is 1.71. The second-order valence-corrected chi connectivity index (χ2v) is 7.18. The van der Waals surface area contributed by atoms with Crippen molar-refractivity contribution in [3.8, 4) is 11.8 Å². The maximum absolute atomic E-state index is 14.0. The minimum atomic E-state index is -5.00. The molecule has 4 aromatic rings. The fraction of sp³-hybridized carbons (Fsp3) is 0.130. The van der Waals surface area contributed by atoms with E-state index >= 15 is 0 Å². The van der Waals surface area contributed by atoms with Crippen molar-refractivity contribution in [1.82, 2.24) is 9.78 Å². The second-order valence-electron chi connectivity index (χ2n) is 7.18. The maximum Gasteiger partial charge on any atom is 0.423 e.